The van der Waals surface area contributed by atoms with Crippen LogP contribution in [0.4, 0.5) is 0 Å². The monoisotopic (exact) mass is 505 g/mol. The molecule has 28 heavy (non-hydrogen) atoms. The molecule has 0 aliphatic carbocycles. The fourth-order valence-corrected chi connectivity index (χ4v) is 2.85. The smallest absolute Gasteiger partial charge is 0.250 e. The summed E-state index contributed by atoms with van der Waals surface area (Å²) in [5, 5.41) is 6.42. The highest BCUT2D eigenvalue weighted by Crippen LogP contribution is 1.99. The summed E-state index contributed by atoms with van der Waals surface area (Å²) in [4.78, 5) is 30.3. The van der Waals surface area contributed by atoms with E-state index in [1.54, 1.807) is 16.7 Å². The number of aliphatic imine (C=N–C) groups is 1. The van der Waals surface area contributed by atoms with Crippen LogP contribution in [-0.4, -0.2) is 54.1 Å². The number of nitrogens with one attached hydrogen (secondary N) is 2. The third-order valence-corrected chi connectivity index (χ3v) is 4.42. The molecule has 0 bridgehead atoms. The number of rotatable bonds is 11. The van der Waals surface area contributed by atoms with Crippen LogP contribution in [0.15, 0.2) is 28.0 Å². The molecule has 0 aliphatic rings. The SMILES string of the molecule is CCNC(=NCCCCn1c(C)cccc1=O)NCCC(=O)N(CC)CC.I. The Hall–Kier alpha value is -1.58. The second-order valence-corrected chi connectivity index (χ2v) is 6.37. The van der Waals surface area contributed by atoms with Crippen molar-refractivity contribution in [3.8, 4) is 0 Å². The number of amides is 1. The van der Waals surface area contributed by atoms with Crippen molar-refractivity contribution < 1.29 is 4.79 Å². The van der Waals surface area contributed by atoms with Crippen LogP contribution in [0.25, 0.3) is 0 Å². The molecule has 0 saturated carbocycles. The molecule has 0 saturated heterocycles. The summed E-state index contributed by atoms with van der Waals surface area (Å²) in [7, 11) is 0. The highest BCUT2D eigenvalue weighted by atomic mass is 127. The summed E-state index contributed by atoms with van der Waals surface area (Å²) in [6.45, 7) is 12.2. The molecule has 2 N–H and O–H groups in total. The molecule has 1 aromatic rings. The molecule has 7 nitrogen and oxygen atoms in total. The first-order valence-electron chi connectivity index (χ1n) is 9.99. The lowest BCUT2D eigenvalue weighted by Crippen LogP contribution is -2.40. The van der Waals surface area contributed by atoms with Crippen LogP contribution in [0.3, 0.4) is 0 Å². The van der Waals surface area contributed by atoms with E-state index >= 15 is 0 Å². The quantitative estimate of drug-likeness (QED) is 0.210. The van der Waals surface area contributed by atoms with Gasteiger partial charge in [0.25, 0.3) is 5.56 Å². The molecule has 0 unspecified atom stereocenters. The molecule has 0 spiro atoms. The Kier molecular flexibility index (Phi) is 14.5. The van der Waals surface area contributed by atoms with Crippen molar-refractivity contribution in [2.24, 2.45) is 4.99 Å². The molecule has 0 radical (unpaired) electrons. The Balaban J connectivity index is 0.00000729. The van der Waals surface area contributed by atoms with Gasteiger partial charge in [-0.2, -0.15) is 0 Å². The Morgan fingerprint density at radius 3 is 2.46 bits per heavy atom. The van der Waals surface area contributed by atoms with Gasteiger partial charge in [0, 0.05) is 57.4 Å². The maximum atomic E-state index is 12.0. The number of guanidine groups is 1. The predicted molar refractivity (Wildman–Crippen MR) is 127 cm³/mol. The van der Waals surface area contributed by atoms with Crippen LogP contribution >= 0.6 is 24.0 Å². The number of hydrogen-bond acceptors (Lipinski definition) is 3. The van der Waals surface area contributed by atoms with E-state index in [2.05, 4.69) is 15.6 Å². The molecule has 1 aromatic heterocycles. The lowest BCUT2D eigenvalue weighted by Gasteiger charge is -2.19. The van der Waals surface area contributed by atoms with E-state index in [0.717, 1.165) is 44.1 Å². The second-order valence-electron chi connectivity index (χ2n) is 6.37. The van der Waals surface area contributed by atoms with E-state index < -0.39 is 0 Å². The predicted octanol–water partition coefficient (Wildman–Crippen LogP) is 2.37. The zero-order valence-electron chi connectivity index (χ0n) is 17.7. The van der Waals surface area contributed by atoms with Crippen LogP contribution in [0.2, 0.25) is 0 Å². The van der Waals surface area contributed by atoms with E-state index in [1.807, 2.05) is 38.7 Å². The van der Waals surface area contributed by atoms with Crippen LogP contribution in [-0.2, 0) is 11.3 Å². The molecule has 0 aliphatic heterocycles. The normalized spacial score (nSPS) is 10.9. The molecule has 0 aromatic carbocycles. The topological polar surface area (TPSA) is 78.7 Å². The minimum absolute atomic E-state index is 0. The molecule has 0 atom stereocenters. The van der Waals surface area contributed by atoms with Gasteiger partial charge in [-0.05, 0) is 46.6 Å². The molecule has 1 amide bonds. The van der Waals surface area contributed by atoms with Crippen molar-refractivity contribution in [2.45, 2.75) is 53.5 Å². The number of unbranched alkanes of at least 4 members (excludes halogenated alkanes) is 1. The Morgan fingerprint density at radius 1 is 1.14 bits per heavy atom. The molecule has 8 heteroatoms. The number of aryl methyl sites for hydroxylation is 1. The van der Waals surface area contributed by atoms with Gasteiger partial charge < -0.3 is 20.1 Å². The van der Waals surface area contributed by atoms with Gasteiger partial charge in [0.2, 0.25) is 5.91 Å². The van der Waals surface area contributed by atoms with Crippen molar-refractivity contribution in [2.75, 3.05) is 32.7 Å². The molecule has 0 fully saturated rings. The first-order valence-corrected chi connectivity index (χ1v) is 9.99. The highest BCUT2D eigenvalue weighted by Gasteiger charge is 2.09. The number of aromatic nitrogens is 1. The average molecular weight is 505 g/mol. The number of halogens is 1. The van der Waals surface area contributed by atoms with Crippen molar-refractivity contribution in [3.63, 3.8) is 0 Å². The Labute approximate surface area is 186 Å². The summed E-state index contributed by atoms with van der Waals surface area (Å²) in [6.07, 6.45) is 2.26. The minimum Gasteiger partial charge on any atom is -0.357 e. The van der Waals surface area contributed by atoms with E-state index in [0.29, 0.717) is 26.1 Å². The third-order valence-electron chi connectivity index (χ3n) is 4.42. The molecule has 1 heterocycles. The standard InChI is InChI=1S/C20H35N5O2.HI/c1-5-21-20(23-15-13-18(26)24(6-2)7-3)22-14-8-9-16-25-17(4)11-10-12-19(25)27;/h10-12H,5-9,13-16H2,1-4H3,(H2,21,22,23);1H. The van der Waals surface area contributed by atoms with Gasteiger partial charge in [0.1, 0.15) is 0 Å². The summed E-state index contributed by atoms with van der Waals surface area (Å²) in [5.41, 5.74) is 1.03. The lowest BCUT2D eigenvalue weighted by atomic mass is 10.3. The van der Waals surface area contributed by atoms with Gasteiger partial charge in [0.15, 0.2) is 5.96 Å². The van der Waals surface area contributed by atoms with E-state index in [4.69, 9.17) is 0 Å². The van der Waals surface area contributed by atoms with Crippen LogP contribution in [0.1, 0.15) is 45.7 Å². The largest absolute Gasteiger partial charge is 0.357 e. The summed E-state index contributed by atoms with van der Waals surface area (Å²) in [6, 6.07) is 5.34. The van der Waals surface area contributed by atoms with Crippen LogP contribution < -0.4 is 16.2 Å². The zero-order valence-corrected chi connectivity index (χ0v) is 20.0. The average Bonchev–Trinajstić information content (AvgIpc) is 2.64. The van der Waals surface area contributed by atoms with Crippen LogP contribution in [0.5, 0.6) is 0 Å². The number of nitrogens with zero attached hydrogens (tertiary/aromatic N) is 3. The minimum atomic E-state index is 0. The van der Waals surface area contributed by atoms with Crippen molar-refractivity contribution in [3.05, 3.63) is 34.2 Å². The fraction of sp³-hybridized carbons (Fsp3) is 0.650. The van der Waals surface area contributed by atoms with Crippen LogP contribution in [0, 0.1) is 6.92 Å². The van der Waals surface area contributed by atoms with Crippen molar-refractivity contribution in [1.82, 2.24) is 20.1 Å². The van der Waals surface area contributed by atoms with Gasteiger partial charge in [-0.3, -0.25) is 14.6 Å². The Morgan fingerprint density at radius 2 is 1.86 bits per heavy atom. The Bertz CT molecular complexity index is 656. The lowest BCUT2D eigenvalue weighted by molar-refractivity contribution is -0.130. The van der Waals surface area contributed by atoms with Crippen molar-refractivity contribution >= 4 is 35.8 Å². The number of carbonyl (C=O) groups excluding carboxylic acids is 1. The maximum absolute atomic E-state index is 12.0. The van der Waals surface area contributed by atoms with Gasteiger partial charge in [-0.25, -0.2) is 0 Å². The van der Waals surface area contributed by atoms with Crippen molar-refractivity contribution in [1.29, 1.82) is 0 Å². The van der Waals surface area contributed by atoms with E-state index in [-0.39, 0.29) is 35.4 Å². The van der Waals surface area contributed by atoms with Gasteiger partial charge >= 0.3 is 0 Å². The van der Waals surface area contributed by atoms with E-state index in [9.17, 15) is 9.59 Å². The number of carbonyl (C=O) groups is 1. The third kappa shape index (κ3) is 9.57. The highest BCUT2D eigenvalue weighted by molar-refractivity contribution is 14.0. The first-order chi connectivity index (χ1) is 13.0. The van der Waals surface area contributed by atoms with Gasteiger partial charge in [-0.15, -0.1) is 24.0 Å². The van der Waals surface area contributed by atoms with Gasteiger partial charge in [0.05, 0.1) is 0 Å². The summed E-state index contributed by atoms with van der Waals surface area (Å²) in [5.74, 6) is 0.893. The number of pyridine rings is 1. The summed E-state index contributed by atoms with van der Waals surface area (Å²) >= 11 is 0. The zero-order chi connectivity index (χ0) is 20.1. The van der Waals surface area contributed by atoms with Gasteiger partial charge in [-0.1, -0.05) is 6.07 Å². The molecular formula is C20H36IN5O2. The first kappa shape index (κ1) is 26.4. The second kappa shape index (κ2) is 15.4. The number of hydrogen-bond donors (Lipinski definition) is 2. The summed E-state index contributed by atoms with van der Waals surface area (Å²) < 4.78 is 1.80. The van der Waals surface area contributed by atoms with E-state index in [1.165, 1.54) is 0 Å². The molecule has 1 rings (SSSR count). The molecule has 160 valence electrons. The fourth-order valence-electron chi connectivity index (χ4n) is 2.85. The molecular weight excluding hydrogens is 469 g/mol. The maximum Gasteiger partial charge on any atom is 0.250 e.